The van der Waals surface area contributed by atoms with Crippen molar-refractivity contribution in [1.29, 1.82) is 0 Å². The number of anilines is 1. The second kappa shape index (κ2) is 8.11. The van der Waals surface area contributed by atoms with Crippen LogP contribution >= 0.6 is 0 Å². The van der Waals surface area contributed by atoms with Crippen LogP contribution in [0.25, 0.3) is 5.69 Å². The first kappa shape index (κ1) is 17.4. The minimum atomic E-state index is -0.300. The van der Waals surface area contributed by atoms with Crippen LogP contribution in [-0.4, -0.2) is 39.3 Å². The molecule has 0 aliphatic rings. The molecule has 8 heteroatoms. The van der Waals surface area contributed by atoms with Gasteiger partial charge in [0.1, 0.15) is 17.8 Å². The Hall–Kier alpha value is -3.42. The lowest BCUT2D eigenvalue weighted by molar-refractivity contribution is 0.102. The lowest BCUT2D eigenvalue weighted by Crippen LogP contribution is -2.16. The molecule has 0 bridgehead atoms. The Kier molecular flexibility index (Phi) is 5.43. The maximum Gasteiger partial charge on any atom is 0.257 e. The largest absolute Gasteiger partial charge is 0.494 e. The zero-order valence-corrected chi connectivity index (χ0v) is 14.5. The summed E-state index contributed by atoms with van der Waals surface area (Å²) in [5, 5.41) is 14.0. The SMILES string of the molecule is CCOc1ccc(OCC)c(NC(=O)c2ccccc2-n2cnnn2)c1. The van der Waals surface area contributed by atoms with Crippen LogP contribution in [0.1, 0.15) is 24.2 Å². The number of hydrogen-bond acceptors (Lipinski definition) is 6. The molecule has 3 aromatic rings. The lowest BCUT2D eigenvalue weighted by Gasteiger charge is -2.14. The van der Waals surface area contributed by atoms with Gasteiger partial charge in [-0.25, -0.2) is 0 Å². The smallest absolute Gasteiger partial charge is 0.257 e. The third-order valence-corrected chi connectivity index (χ3v) is 3.55. The highest BCUT2D eigenvalue weighted by atomic mass is 16.5. The summed E-state index contributed by atoms with van der Waals surface area (Å²) < 4.78 is 12.6. The van der Waals surface area contributed by atoms with Gasteiger partial charge in [0, 0.05) is 6.07 Å². The number of para-hydroxylation sites is 1. The van der Waals surface area contributed by atoms with Gasteiger partial charge in [-0.05, 0) is 48.5 Å². The van der Waals surface area contributed by atoms with E-state index in [-0.39, 0.29) is 5.91 Å². The highest BCUT2D eigenvalue weighted by Crippen LogP contribution is 2.30. The van der Waals surface area contributed by atoms with Gasteiger partial charge in [-0.1, -0.05) is 12.1 Å². The van der Waals surface area contributed by atoms with Crippen molar-refractivity contribution in [2.24, 2.45) is 0 Å². The van der Waals surface area contributed by atoms with E-state index >= 15 is 0 Å². The fourth-order valence-electron chi connectivity index (χ4n) is 2.47. The van der Waals surface area contributed by atoms with Crippen molar-refractivity contribution in [3.05, 3.63) is 54.4 Å². The number of nitrogens with zero attached hydrogens (tertiary/aromatic N) is 4. The molecule has 0 spiro atoms. The molecule has 134 valence electrons. The summed E-state index contributed by atoms with van der Waals surface area (Å²) in [5.41, 5.74) is 1.55. The van der Waals surface area contributed by atoms with E-state index < -0.39 is 0 Å². The van der Waals surface area contributed by atoms with Gasteiger partial charge < -0.3 is 14.8 Å². The maximum absolute atomic E-state index is 12.9. The molecule has 1 amide bonds. The Morgan fingerprint density at radius 2 is 1.92 bits per heavy atom. The zero-order valence-electron chi connectivity index (χ0n) is 14.5. The van der Waals surface area contributed by atoms with Gasteiger partial charge in [0.2, 0.25) is 0 Å². The van der Waals surface area contributed by atoms with E-state index in [2.05, 4.69) is 20.8 Å². The van der Waals surface area contributed by atoms with Crippen molar-refractivity contribution < 1.29 is 14.3 Å². The Labute approximate surface area is 150 Å². The Morgan fingerprint density at radius 3 is 2.65 bits per heavy atom. The summed E-state index contributed by atoms with van der Waals surface area (Å²) in [6.07, 6.45) is 1.44. The predicted octanol–water partition coefficient (Wildman–Crippen LogP) is 2.71. The summed E-state index contributed by atoms with van der Waals surface area (Å²) in [5.74, 6) is 0.926. The minimum Gasteiger partial charge on any atom is -0.494 e. The molecule has 0 aliphatic carbocycles. The molecule has 1 N–H and O–H groups in total. The van der Waals surface area contributed by atoms with Crippen molar-refractivity contribution in [2.45, 2.75) is 13.8 Å². The number of ether oxygens (including phenoxy) is 2. The van der Waals surface area contributed by atoms with E-state index in [1.807, 2.05) is 19.9 Å². The first-order valence-corrected chi connectivity index (χ1v) is 8.26. The van der Waals surface area contributed by atoms with Gasteiger partial charge in [0.25, 0.3) is 5.91 Å². The second-order valence-corrected chi connectivity index (χ2v) is 5.25. The quantitative estimate of drug-likeness (QED) is 0.702. The van der Waals surface area contributed by atoms with Crippen LogP contribution in [0.15, 0.2) is 48.8 Å². The molecule has 1 heterocycles. The molecule has 0 atom stereocenters. The van der Waals surface area contributed by atoms with Crippen LogP contribution in [0.5, 0.6) is 11.5 Å². The average Bonchev–Trinajstić information content (AvgIpc) is 3.19. The van der Waals surface area contributed by atoms with E-state index in [1.165, 1.54) is 11.0 Å². The zero-order chi connectivity index (χ0) is 18.4. The molecule has 8 nitrogen and oxygen atoms in total. The van der Waals surface area contributed by atoms with E-state index in [1.54, 1.807) is 36.4 Å². The van der Waals surface area contributed by atoms with Crippen LogP contribution in [0.3, 0.4) is 0 Å². The van der Waals surface area contributed by atoms with E-state index in [9.17, 15) is 4.79 Å². The van der Waals surface area contributed by atoms with E-state index in [0.29, 0.717) is 41.7 Å². The molecule has 26 heavy (non-hydrogen) atoms. The summed E-state index contributed by atoms with van der Waals surface area (Å²) in [4.78, 5) is 12.9. The number of rotatable bonds is 7. The lowest BCUT2D eigenvalue weighted by atomic mass is 10.1. The molecule has 1 aromatic heterocycles. The fourth-order valence-corrected chi connectivity index (χ4v) is 2.47. The molecule has 0 saturated heterocycles. The molecule has 0 saturated carbocycles. The number of carbonyl (C=O) groups is 1. The number of amides is 1. The first-order valence-electron chi connectivity index (χ1n) is 8.26. The van der Waals surface area contributed by atoms with Crippen molar-refractivity contribution in [3.8, 4) is 17.2 Å². The van der Waals surface area contributed by atoms with Crippen LogP contribution in [0.2, 0.25) is 0 Å². The van der Waals surface area contributed by atoms with Gasteiger partial charge in [-0.15, -0.1) is 5.10 Å². The average molecular weight is 353 g/mol. The molecule has 0 unspecified atom stereocenters. The molecule has 0 fully saturated rings. The molecular formula is C18H19N5O3. The monoisotopic (exact) mass is 353 g/mol. The van der Waals surface area contributed by atoms with Crippen molar-refractivity contribution >= 4 is 11.6 Å². The summed E-state index contributed by atoms with van der Waals surface area (Å²) in [6, 6.07) is 12.4. The van der Waals surface area contributed by atoms with Crippen LogP contribution in [-0.2, 0) is 0 Å². The van der Waals surface area contributed by atoms with E-state index in [4.69, 9.17) is 9.47 Å². The van der Waals surface area contributed by atoms with Crippen molar-refractivity contribution in [2.75, 3.05) is 18.5 Å². The van der Waals surface area contributed by atoms with Gasteiger partial charge >= 0.3 is 0 Å². The van der Waals surface area contributed by atoms with E-state index in [0.717, 1.165) is 0 Å². The number of tetrazole rings is 1. The minimum absolute atomic E-state index is 0.300. The number of hydrogen-bond donors (Lipinski definition) is 1. The number of nitrogens with one attached hydrogen (secondary N) is 1. The topological polar surface area (TPSA) is 91.2 Å². The van der Waals surface area contributed by atoms with Gasteiger partial charge in [0.15, 0.2) is 0 Å². The Bertz CT molecular complexity index is 880. The highest BCUT2D eigenvalue weighted by molar-refractivity contribution is 6.07. The van der Waals surface area contributed by atoms with Gasteiger partial charge in [-0.2, -0.15) is 4.68 Å². The highest BCUT2D eigenvalue weighted by Gasteiger charge is 2.16. The number of carbonyl (C=O) groups excluding carboxylic acids is 1. The summed E-state index contributed by atoms with van der Waals surface area (Å²) in [6.45, 7) is 4.80. The molecule has 2 aromatic carbocycles. The third kappa shape index (κ3) is 3.80. The van der Waals surface area contributed by atoms with Gasteiger partial charge in [-0.3, -0.25) is 4.79 Å². The molecule has 0 aliphatic heterocycles. The maximum atomic E-state index is 12.9. The molecule has 0 radical (unpaired) electrons. The number of benzene rings is 2. The first-order chi connectivity index (χ1) is 12.7. The van der Waals surface area contributed by atoms with Gasteiger partial charge in [0.05, 0.1) is 30.2 Å². The molecule has 3 rings (SSSR count). The van der Waals surface area contributed by atoms with Crippen LogP contribution in [0, 0.1) is 0 Å². The third-order valence-electron chi connectivity index (χ3n) is 3.55. The van der Waals surface area contributed by atoms with Crippen LogP contribution < -0.4 is 14.8 Å². The van der Waals surface area contributed by atoms with Crippen LogP contribution in [0.4, 0.5) is 5.69 Å². The Balaban J connectivity index is 1.92. The van der Waals surface area contributed by atoms with Crippen molar-refractivity contribution in [3.63, 3.8) is 0 Å². The number of aromatic nitrogens is 4. The fraction of sp³-hybridized carbons (Fsp3) is 0.222. The summed E-state index contributed by atoms with van der Waals surface area (Å²) in [7, 11) is 0. The molecular weight excluding hydrogens is 334 g/mol. The van der Waals surface area contributed by atoms with Crippen molar-refractivity contribution in [1.82, 2.24) is 20.2 Å². The predicted molar refractivity (Wildman–Crippen MR) is 95.9 cm³/mol. The summed E-state index contributed by atoms with van der Waals surface area (Å²) >= 11 is 0. The Morgan fingerprint density at radius 1 is 1.12 bits per heavy atom. The standard InChI is InChI=1S/C18H19N5O3/c1-3-25-13-9-10-17(26-4-2)15(11-13)20-18(24)14-7-5-6-8-16(14)23-12-19-21-22-23/h5-12H,3-4H2,1-2H3,(H,20,24). The normalized spacial score (nSPS) is 10.4. The second-order valence-electron chi connectivity index (χ2n) is 5.25.